The van der Waals surface area contributed by atoms with E-state index in [1.165, 1.54) is 0 Å². The fourth-order valence-corrected chi connectivity index (χ4v) is 2.58. The molecule has 0 fully saturated rings. The number of Topliss-reactive ketones (excluding diaryl/α,β-unsaturated/α-hetero) is 1. The number of rotatable bonds is 5. The van der Waals surface area contributed by atoms with E-state index in [0.717, 1.165) is 15.7 Å². The molecule has 1 aromatic heterocycles. The lowest BCUT2D eigenvalue weighted by molar-refractivity contribution is 0.0861. The quantitative estimate of drug-likeness (QED) is 0.781. The van der Waals surface area contributed by atoms with Crippen molar-refractivity contribution in [3.05, 3.63) is 50.9 Å². The summed E-state index contributed by atoms with van der Waals surface area (Å²) in [4.78, 5) is 18.6. The maximum Gasteiger partial charge on any atom is 0.179 e. The van der Waals surface area contributed by atoms with Gasteiger partial charge in [0.05, 0.1) is 17.2 Å². The molecule has 2 aromatic rings. The van der Waals surface area contributed by atoms with E-state index in [0.29, 0.717) is 6.54 Å². The SMILES string of the molecule is CC(C(=O)c1ccc(Br)cc1)N(C)Cc1cscn1. The number of carbonyl (C=O) groups excluding carboxylic acids is 1. The summed E-state index contributed by atoms with van der Waals surface area (Å²) < 4.78 is 0.979. The van der Waals surface area contributed by atoms with Crippen LogP contribution < -0.4 is 0 Å². The lowest BCUT2D eigenvalue weighted by Crippen LogP contribution is -2.35. The third kappa shape index (κ3) is 3.72. The van der Waals surface area contributed by atoms with Crippen molar-refractivity contribution in [3.63, 3.8) is 0 Å². The zero-order valence-corrected chi connectivity index (χ0v) is 13.2. The Labute approximate surface area is 125 Å². The topological polar surface area (TPSA) is 33.2 Å². The standard InChI is InChI=1S/C14H15BrN2OS/c1-10(17(2)7-13-8-19-9-16-13)14(18)11-3-5-12(15)6-4-11/h3-6,8-10H,7H2,1-2H3. The van der Waals surface area contributed by atoms with Crippen LogP contribution in [-0.4, -0.2) is 28.8 Å². The van der Waals surface area contributed by atoms with Crippen molar-refractivity contribution in [3.8, 4) is 0 Å². The maximum absolute atomic E-state index is 12.4. The highest BCUT2D eigenvalue weighted by atomic mass is 79.9. The van der Waals surface area contributed by atoms with Crippen LogP contribution >= 0.6 is 27.3 Å². The van der Waals surface area contributed by atoms with Gasteiger partial charge in [-0.15, -0.1) is 11.3 Å². The molecule has 100 valence electrons. The molecule has 19 heavy (non-hydrogen) atoms. The number of nitrogens with zero attached hydrogens (tertiary/aromatic N) is 2. The van der Waals surface area contributed by atoms with E-state index < -0.39 is 0 Å². The van der Waals surface area contributed by atoms with Crippen molar-refractivity contribution in [1.29, 1.82) is 0 Å². The molecule has 0 aliphatic rings. The number of ketones is 1. The van der Waals surface area contributed by atoms with Gasteiger partial charge in [-0.05, 0) is 26.1 Å². The molecule has 3 nitrogen and oxygen atoms in total. The molecule has 1 heterocycles. The van der Waals surface area contributed by atoms with Gasteiger partial charge in [0.2, 0.25) is 0 Å². The van der Waals surface area contributed by atoms with Crippen LogP contribution in [0, 0.1) is 0 Å². The third-order valence-electron chi connectivity index (χ3n) is 3.06. The zero-order chi connectivity index (χ0) is 13.8. The van der Waals surface area contributed by atoms with E-state index in [2.05, 4.69) is 20.9 Å². The Balaban J connectivity index is 2.04. The van der Waals surface area contributed by atoms with E-state index >= 15 is 0 Å². The second-order valence-corrected chi connectivity index (χ2v) is 6.08. The predicted molar refractivity (Wildman–Crippen MR) is 81.5 cm³/mol. The van der Waals surface area contributed by atoms with Crippen LogP contribution in [0.25, 0.3) is 0 Å². The number of aromatic nitrogens is 1. The van der Waals surface area contributed by atoms with Gasteiger partial charge in [-0.25, -0.2) is 4.98 Å². The van der Waals surface area contributed by atoms with Crippen LogP contribution in [0.4, 0.5) is 0 Å². The monoisotopic (exact) mass is 338 g/mol. The molecule has 0 amide bonds. The van der Waals surface area contributed by atoms with Crippen molar-refractivity contribution in [2.75, 3.05) is 7.05 Å². The number of hydrogen-bond acceptors (Lipinski definition) is 4. The summed E-state index contributed by atoms with van der Waals surface area (Å²) in [6.45, 7) is 2.61. The molecule has 2 rings (SSSR count). The van der Waals surface area contributed by atoms with E-state index in [-0.39, 0.29) is 11.8 Å². The van der Waals surface area contributed by atoms with Crippen molar-refractivity contribution < 1.29 is 4.79 Å². The first-order chi connectivity index (χ1) is 9.08. The van der Waals surface area contributed by atoms with Gasteiger partial charge < -0.3 is 0 Å². The van der Waals surface area contributed by atoms with Crippen LogP contribution in [0.2, 0.25) is 0 Å². The molecule has 0 aliphatic carbocycles. The van der Waals surface area contributed by atoms with E-state index in [1.807, 2.05) is 54.0 Å². The second kappa shape index (κ2) is 6.41. The first-order valence-corrected chi connectivity index (χ1v) is 7.68. The number of benzene rings is 1. The first-order valence-electron chi connectivity index (χ1n) is 5.95. The zero-order valence-electron chi connectivity index (χ0n) is 10.8. The molecule has 0 spiro atoms. The minimum absolute atomic E-state index is 0.130. The van der Waals surface area contributed by atoms with Gasteiger partial charge in [0, 0.05) is 22.0 Å². The molecular weight excluding hydrogens is 324 g/mol. The van der Waals surface area contributed by atoms with Crippen molar-refractivity contribution >= 4 is 33.0 Å². The van der Waals surface area contributed by atoms with Gasteiger partial charge in [0.1, 0.15) is 0 Å². The molecular formula is C14H15BrN2OS. The molecule has 0 aliphatic heterocycles. The minimum atomic E-state index is -0.164. The minimum Gasteiger partial charge on any atom is -0.292 e. The third-order valence-corrected chi connectivity index (χ3v) is 4.23. The van der Waals surface area contributed by atoms with Gasteiger partial charge in [0.15, 0.2) is 5.78 Å². The average Bonchev–Trinajstić information content (AvgIpc) is 2.90. The summed E-state index contributed by atoms with van der Waals surface area (Å²) in [6, 6.07) is 7.31. The largest absolute Gasteiger partial charge is 0.292 e. The Bertz CT molecular complexity index is 539. The molecule has 5 heteroatoms. The average molecular weight is 339 g/mol. The van der Waals surface area contributed by atoms with Gasteiger partial charge in [-0.3, -0.25) is 9.69 Å². The fraction of sp³-hybridized carbons (Fsp3) is 0.286. The molecule has 0 N–H and O–H groups in total. The van der Waals surface area contributed by atoms with Gasteiger partial charge in [-0.1, -0.05) is 28.1 Å². The van der Waals surface area contributed by atoms with Crippen molar-refractivity contribution in [2.45, 2.75) is 19.5 Å². The van der Waals surface area contributed by atoms with Crippen LogP contribution in [-0.2, 0) is 6.54 Å². The Morgan fingerprint density at radius 1 is 1.42 bits per heavy atom. The van der Waals surface area contributed by atoms with Crippen LogP contribution in [0.5, 0.6) is 0 Å². The Morgan fingerprint density at radius 3 is 2.68 bits per heavy atom. The number of thiazole rings is 1. The molecule has 0 bridgehead atoms. The van der Waals surface area contributed by atoms with E-state index in [1.54, 1.807) is 11.3 Å². The second-order valence-electron chi connectivity index (χ2n) is 4.44. The Hall–Kier alpha value is -1.04. The van der Waals surface area contributed by atoms with Crippen LogP contribution in [0.15, 0.2) is 39.6 Å². The van der Waals surface area contributed by atoms with Gasteiger partial charge >= 0.3 is 0 Å². The summed E-state index contributed by atoms with van der Waals surface area (Å²) in [6.07, 6.45) is 0. The van der Waals surface area contributed by atoms with Crippen LogP contribution in [0.3, 0.4) is 0 Å². The van der Waals surface area contributed by atoms with E-state index in [4.69, 9.17) is 0 Å². The van der Waals surface area contributed by atoms with Crippen molar-refractivity contribution in [1.82, 2.24) is 9.88 Å². The summed E-state index contributed by atoms with van der Waals surface area (Å²) in [7, 11) is 1.95. The Morgan fingerprint density at radius 2 is 2.11 bits per heavy atom. The van der Waals surface area contributed by atoms with E-state index in [9.17, 15) is 4.79 Å². The molecule has 1 atom stereocenters. The lowest BCUT2D eigenvalue weighted by atomic mass is 10.0. The molecule has 1 unspecified atom stereocenters. The van der Waals surface area contributed by atoms with Crippen LogP contribution in [0.1, 0.15) is 23.0 Å². The summed E-state index contributed by atoms with van der Waals surface area (Å²) in [5.74, 6) is 0.130. The predicted octanol–water partition coefficient (Wildman–Crippen LogP) is 3.61. The molecule has 1 aromatic carbocycles. The van der Waals surface area contributed by atoms with Gasteiger partial charge in [-0.2, -0.15) is 0 Å². The maximum atomic E-state index is 12.4. The summed E-state index contributed by atoms with van der Waals surface area (Å²) in [5, 5.41) is 2.01. The van der Waals surface area contributed by atoms with Crippen molar-refractivity contribution in [2.24, 2.45) is 0 Å². The summed E-state index contributed by atoms with van der Waals surface area (Å²) in [5.41, 5.74) is 3.55. The highest BCUT2D eigenvalue weighted by Gasteiger charge is 2.20. The molecule has 0 saturated carbocycles. The Kier molecular flexibility index (Phi) is 4.85. The first kappa shape index (κ1) is 14.4. The molecule has 0 saturated heterocycles. The number of likely N-dealkylation sites (N-methyl/N-ethyl adjacent to an activating group) is 1. The lowest BCUT2D eigenvalue weighted by Gasteiger charge is -2.22. The fourth-order valence-electron chi connectivity index (χ4n) is 1.76. The number of halogens is 1. The number of carbonyl (C=O) groups is 1. The number of hydrogen-bond donors (Lipinski definition) is 0. The molecule has 0 radical (unpaired) electrons. The summed E-state index contributed by atoms with van der Waals surface area (Å²) >= 11 is 4.94. The highest BCUT2D eigenvalue weighted by Crippen LogP contribution is 2.15. The highest BCUT2D eigenvalue weighted by molar-refractivity contribution is 9.10. The normalized spacial score (nSPS) is 12.6. The van der Waals surface area contributed by atoms with Gasteiger partial charge in [0.25, 0.3) is 0 Å². The smallest absolute Gasteiger partial charge is 0.179 e.